The van der Waals surface area contributed by atoms with Crippen LogP contribution in [0.4, 0.5) is 0 Å². The van der Waals surface area contributed by atoms with Crippen LogP contribution in [0, 0.1) is 5.92 Å². The minimum absolute atomic E-state index is 0.0261. The molecule has 8 N–H and O–H groups in total. The van der Waals surface area contributed by atoms with Crippen molar-refractivity contribution in [2.24, 2.45) is 11.7 Å². The number of primary amides is 1. The Kier molecular flexibility index (Phi) is 11.8. The number of nitrogens with one attached hydrogen (secondary N) is 6. The van der Waals surface area contributed by atoms with Crippen molar-refractivity contribution in [3.63, 3.8) is 0 Å². The van der Waals surface area contributed by atoms with Gasteiger partial charge in [0.1, 0.15) is 30.2 Å². The van der Waals surface area contributed by atoms with Gasteiger partial charge in [-0.25, -0.2) is 4.98 Å². The van der Waals surface area contributed by atoms with Gasteiger partial charge in [0, 0.05) is 35.7 Å². The van der Waals surface area contributed by atoms with E-state index in [9.17, 15) is 28.8 Å². The summed E-state index contributed by atoms with van der Waals surface area (Å²) in [5.74, 6) is -4.07. The fraction of sp³-hybridized carbons (Fsp3) is 0.625. The summed E-state index contributed by atoms with van der Waals surface area (Å²) in [5, 5.41) is 13.1. The Morgan fingerprint density at radius 3 is 2.30 bits per heavy atom. The second kappa shape index (κ2) is 14.4. The highest BCUT2D eigenvalue weighted by atomic mass is 33.1. The first-order chi connectivity index (χ1) is 18.6. The van der Waals surface area contributed by atoms with E-state index in [1.807, 2.05) is 0 Å². The molecule has 1 aromatic heterocycles. The molecule has 0 spiro atoms. The summed E-state index contributed by atoms with van der Waals surface area (Å²) in [4.78, 5) is 83.8. The lowest BCUT2D eigenvalue weighted by Gasteiger charge is -2.34. The topological polar surface area (TPSA) is 217 Å². The summed E-state index contributed by atoms with van der Waals surface area (Å²) >= 11 is 0. The van der Waals surface area contributed by atoms with E-state index < -0.39 is 70.4 Å². The van der Waals surface area contributed by atoms with Gasteiger partial charge in [-0.15, -0.1) is 0 Å². The first kappa shape index (κ1) is 32.9. The summed E-state index contributed by atoms with van der Waals surface area (Å²) in [5.41, 5.74) is 6.09. The van der Waals surface area contributed by atoms with E-state index in [2.05, 4.69) is 36.6 Å². The Morgan fingerprint density at radius 2 is 1.75 bits per heavy atom. The number of hydrogen-bond donors (Lipinski definition) is 7. The molecule has 6 amide bonds. The average molecular weight is 599 g/mol. The van der Waals surface area contributed by atoms with Gasteiger partial charge in [-0.2, -0.15) is 0 Å². The van der Waals surface area contributed by atoms with Gasteiger partial charge in [-0.05, 0) is 26.7 Å². The van der Waals surface area contributed by atoms with Crippen LogP contribution in [0.15, 0.2) is 12.5 Å². The number of aromatic nitrogens is 2. The van der Waals surface area contributed by atoms with Gasteiger partial charge in [-0.3, -0.25) is 28.8 Å². The van der Waals surface area contributed by atoms with Gasteiger partial charge < -0.3 is 37.3 Å². The Bertz CT molecular complexity index is 1100. The summed E-state index contributed by atoms with van der Waals surface area (Å²) < 4.78 is -0.944. The van der Waals surface area contributed by atoms with Crippen molar-refractivity contribution in [1.29, 1.82) is 0 Å². The third-order valence-corrected chi connectivity index (χ3v) is 9.39. The lowest BCUT2D eigenvalue weighted by atomic mass is 10.0. The summed E-state index contributed by atoms with van der Waals surface area (Å²) in [6, 6.07) is -5.39. The monoisotopic (exact) mass is 598 g/mol. The van der Waals surface area contributed by atoms with E-state index in [-0.39, 0.29) is 18.1 Å². The first-order valence-corrected chi connectivity index (χ1v) is 15.0. The minimum atomic E-state index is -1.13. The quantitative estimate of drug-likeness (QED) is 0.201. The third-order valence-electron chi connectivity index (χ3n) is 6.08. The van der Waals surface area contributed by atoms with Crippen LogP contribution in [-0.2, 0) is 35.2 Å². The van der Waals surface area contributed by atoms with Gasteiger partial charge in [0.2, 0.25) is 35.4 Å². The van der Waals surface area contributed by atoms with Crippen molar-refractivity contribution in [1.82, 2.24) is 36.6 Å². The van der Waals surface area contributed by atoms with E-state index in [0.717, 1.165) is 0 Å². The van der Waals surface area contributed by atoms with E-state index in [0.29, 0.717) is 5.69 Å². The van der Waals surface area contributed by atoms with E-state index in [1.54, 1.807) is 27.7 Å². The van der Waals surface area contributed by atoms with Crippen molar-refractivity contribution in [2.45, 2.75) is 82.9 Å². The molecule has 0 radical (unpaired) electrons. The molecule has 1 aromatic rings. The van der Waals surface area contributed by atoms with Gasteiger partial charge in [-0.1, -0.05) is 35.4 Å². The molecule has 40 heavy (non-hydrogen) atoms. The largest absolute Gasteiger partial charge is 0.368 e. The van der Waals surface area contributed by atoms with Crippen molar-refractivity contribution < 1.29 is 28.8 Å². The zero-order valence-electron chi connectivity index (χ0n) is 23.3. The minimum Gasteiger partial charge on any atom is -0.368 e. The summed E-state index contributed by atoms with van der Waals surface area (Å²) in [6.45, 7) is 9.60. The average Bonchev–Trinajstić information content (AvgIpc) is 3.36. The highest BCUT2D eigenvalue weighted by Crippen LogP contribution is 2.38. The van der Waals surface area contributed by atoms with Crippen LogP contribution in [0.2, 0.25) is 0 Å². The number of amides is 6. The molecule has 0 bridgehead atoms. The molecule has 0 aromatic carbocycles. The number of aromatic amines is 1. The fourth-order valence-corrected chi connectivity index (χ4v) is 6.62. The molecule has 1 saturated heterocycles. The van der Waals surface area contributed by atoms with Gasteiger partial charge >= 0.3 is 0 Å². The molecule has 1 aliphatic rings. The van der Waals surface area contributed by atoms with Gasteiger partial charge in [0.05, 0.1) is 6.33 Å². The normalized spacial score (nSPS) is 27.0. The molecule has 2 heterocycles. The standard InChI is InChI=1S/C24H38N8O6S2/c1-11(2)17-22(37)31-16(19(25)34)9-39-40-24(5,6)18(29-13(4)33)23(38)30-15(7-14-8-26-10-27-14)21(36)28-12(3)20(35)32-17/h8,10-12,15-18H,7,9H2,1-6H3,(H2,25,34)(H,26,27)(H,28,36)(H,29,33)(H,30,38)(H,31,37)(H,32,35)/t12-,15?,16-,17?,18+/m0/s1. The molecule has 14 nitrogen and oxygen atoms in total. The van der Waals surface area contributed by atoms with Crippen LogP contribution < -0.4 is 32.3 Å². The van der Waals surface area contributed by atoms with E-state index in [4.69, 9.17) is 5.73 Å². The Labute approximate surface area is 240 Å². The molecule has 0 saturated carbocycles. The van der Waals surface area contributed by atoms with Crippen LogP contribution in [0.25, 0.3) is 0 Å². The molecule has 16 heteroatoms. The van der Waals surface area contributed by atoms with Crippen LogP contribution in [0.5, 0.6) is 0 Å². The fourth-order valence-electron chi connectivity index (χ4n) is 3.79. The lowest BCUT2D eigenvalue weighted by Crippen LogP contribution is -2.61. The smallest absolute Gasteiger partial charge is 0.244 e. The number of carbonyl (C=O) groups is 6. The number of carbonyl (C=O) groups excluding carboxylic acids is 6. The maximum atomic E-state index is 13.5. The Morgan fingerprint density at radius 1 is 1.07 bits per heavy atom. The number of rotatable bonds is 5. The Hall–Kier alpha value is -3.27. The summed E-state index contributed by atoms with van der Waals surface area (Å²) in [6.07, 6.45) is 2.95. The predicted molar refractivity (Wildman–Crippen MR) is 151 cm³/mol. The molecule has 222 valence electrons. The zero-order chi connectivity index (χ0) is 30.2. The first-order valence-electron chi connectivity index (χ1n) is 12.7. The number of hydrogen-bond acceptors (Lipinski definition) is 9. The number of H-pyrrole nitrogens is 1. The van der Waals surface area contributed by atoms with Crippen LogP contribution in [0.3, 0.4) is 0 Å². The molecule has 5 atom stereocenters. The molecule has 2 unspecified atom stereocenters. The van der Waals surface area contributed by atoms with Crippen molar-refractivity contribution in [3.05, 3.63) is 18.2 Å². The molecule has 0 aliphatic carbocycles. The molecular formula is C24H38N8O6S2. The maximum absolute atomic E-state index is 13.5. The third kappa shape index (κ3) is 9.43. The number of nitrogens with zero attached hydrogens (tertiary/aromatic N) is 1. The highest BCUT2D eigenvalue weighted by Gasteiger charge is 2.40. The SMILES string of the molecule is CC(=O)N[C@@H]1C(=O)NC(Cc2cnc[nH]2)C(=O)N[C@@H](C)C(=O)NC(C(C)C)C(=O)N[C@H](C(N)=O)CSSC1(C)C. The van der Waals surface area contributed by atoms with Crippen molar-refractivity contribution in [2.75, 3.05) is 5.75 Å². The highest BCUT2D eigenvalue weighted by molar-refractivity contribution is 8.77. The van der Waals surface area contributed by atoms with E-state index >= 15 is 0 Å². The molecule has 1 fully saturated rings. The second-order valence-electron chi connectivity index (χ2n) is 10.4. The molecule has 2 rings (SSSR count). The van der Waals surface area contributed by atoms with Crippen molar-refractivity contribution >= 4 is 57.0 Å². The van der Waals surface area contributed by atoms with Crippen LogP contribution in [0.1, 0.15) is 47.2 Å². The molecule has 1 aliphatic heterocycles. The predicted octanol–water partition coefficient (Wildman–Crippen LogP) is -1.27. The van der Waals surface area contributed by atoms with Crippen molar-refractivity contribution in [3.8, 4) is 0 Å². The zero-order valence-corrected chi connectivity index (χ0v) is 25.0. The van der Waals surface area contributed by atoms with E-state index in [1.165, 1.54) is 48.0 Å². The molecular weight excluding hydrogens is 560 g/mol. The number of nitrogens with two attached hydrogens (primary N) is 1. The van der Waals surface area contributed by atoms with Gasteiger partial charge in [0.25, 0.3) is 0 Å². The Balaban J connectivity index is 2.48. The number of imidazole rings is 1. The van der Waals surface area contributed by atoms with Crippen LogP contribution in [-0.4, -0.2) is 86.1 Å². The maximum Gasteiger partial charge on any atom is 0.244 e. The lowest BCUT2D eigenvalue weighted by molar-refractivity contribution is -0.135. The van der Waals surface area contributed by atoms with Gasteiger partial charge in [0.15, 0.2) is 0 Å². The van der Waals surface area contributed by atoms with Crippen LogP contribution >= 0.6 is 21.6 Å². The summed E-state index contributed by atoms with van der Waals surface area (Å²) in [7, 11) is 2.38. The second-order valence-corrected chi connectivity index (χ2v) is 13.4.